The van der Waals surface area contributed by atoms with Gasteiger partial charge in [0, 0.05) is 17.8 Å². The van der Waals surface area contributed by atoms with Gasteiger partial charge in [0.05, 0.1) is 27.7 Å². The highest BCUT2D eigenvalue weighted by atomic mass is 19.4. The summed E-state index contributed by atoms with van der Waals surface area (Å²) >= 11 is 0. The van der Waals surface area contributed by atoms with E-state index in [4.69, 9.17) is 0 Å². The van der Waals surface area contributed by atoms with Gasteiger partial charge in [0.15, 0.2) is 0 Å². The van der Waals surface area contributed by atoms with E-state index in [1.165, 1.54) is 23.0 Å². The zero-order valence-electron chi connectivity index (χ0n) is 16.4. The van der Waals surface area contributed by atoms with Crippen LogP contribution in [0.15, 0.2) is 53.5 Å². The molecule has 2 N–H and O–H groups in total. The third-order valence-corrected chi connectivity index (χ3v) is 4.90. The summed E-state index contributed by atoms with van der Waals surface area (Å²) in [6.45, 7) is 3.35. The van der Waals surface area contributed by atoms with Crippen molar-refractivity contribution in [3.63, 3.8) is 0 Å². The zero-order valence-corrected chi connectivity index (χ0v) is 16.4. The number of nitrogens with zero attached hydrogens (tertiary/aromatic N) is 3. The lowest BCUT2D eigenvalue weighted by Crippen LogP contribution is -2.21. The smallest absolute Gasteiger partial charge is 0.306 e. The lowest BCUT2D eigenvalue weighted by Gasteiger charge is -2.14. The van der Waals surface area contributed by atoms with Crippen molar-refractivity contribution in [2.45, 2.75) is 20.0 Å². The molecule has 4 aromatic rings. The average molecular weight is 427 g/mol. The number of aromatic nitrogens is 4. The van der Waals surface area contributed by atoms with Gasteiger partial charge in [0.2, 0.25) is 0 Å². The SMILES string of the molecule is Cc1nn(-c2cc3ncccc3c(=O)[nH]2)c(NC(=O)c2ccccc2C(F)(F)F)c1C. The first-order chi connectivity index (χ1) is 14.7. The van der Waals surface area contributed by atoms with Crippen LogP contribution in [0.2, 0.25) is 0 Å². The highest BCUT2D eigenvalue weighted by Crippen LogP contribution is 2.32. The molecular weight excluding hydrogens is 411 g/mol. The van der Waals surface area contributed by atoms with Crippen LogP contribution in [-0.2, 0) is 6.18 Å². The number of aryl methyl sites for hydroxylation is 1. The number of pyridine rings is 2. The predicted octanol–water partition coefficient (Wildman–Crippen LogP) is 4.00. The number of alkyl halides is 3. The second-order valence-corrected chi connectivity index (χ2v) is 6.89. The molecule has 0 aliphatic heterocycles. The zero-order chi connectivity index (χ0) is 22.3. The number of benzene rings is 1. The standard InChI is InChI=1S/C21H16F3N5O2/c1-11-12(2)28-29(17-10-16-14(20(31)26-17)7-5-9-25-16)18(11)27-19(30)13-6-3-4-8-15(13)21(22,23)24/h3-10H,1-2H3,(H,26,31)(H,27,30). The Balaban J connectivity index is 1.81. The minimum Gasteiger partial charge on any atom is -0.306 e. The molecule has 0 aliphatic rings. The molecule has 0 atom stereocenters. The number of carbonyl (C=O) groups is 1. The summed E-state index contributed by atoms with van der Waals surface area (Å²) in [4.78, 5) is 32.0. The number of nitrogens with one attached hydrogen (secondary N) is 2. The Morgan fingerprint density at radius 1 is 1.13 bits per heavy atom. The topological polar surface area (TPSA) is 92.7 Å². The summed E-state index contributed by atoms with van der Waals surface area (Å²) in [5.74, 6) is -0.587. The highest BCUT2D eigenvalue weighted by molar-refractivity contribution is 6.05. The molecule has 3 heterocycles. The van der Waals surface area contributed by atoms with Crippen molar-refractivity contribution < 1.29 is 18.0 Å². The molecule has 4 rings (SSSR count). The predicted molar refractivity (Wildman–Crippen MR) is 108 cm³/mol. The van der Waals surface area contributed by atoms with E-state index in [0.717, 1.165) is 12.1 Å². The van der Waals surface area contributed by atoms with Gasteiger partial charge in [0.1, 0.15) is 11.6 Å². The quantitative estimate of drug-likeness (QED) is 0.517. The molecule has 10 heteroatoms. The van der Waals surface area contributed by atoms with Gasteiger partial charge in [-0.05, 0) is 38.1 Å². The lowest BCUT2D eigenvalue weighted by atomic mass is 10.1. The number of hydrogen-bond donors (Lipinski definition) is 2. The lowest BCUT2D eigenvalue weighted by molar-refractivity contribution is -0.137. The molecule has 0 fully saturated rings. The Hall–Kier alpha value is -3.95. The number of fused-ring (bicyclic) bond motifs is 1. The van der Waals surface area contributed by atoms with E-state index in [2.05, 4.69) is 20.4 Å². The number of aromatic amines is 1. The molecule has 0 bridgehead atoms. The average Bonchev–Trinajstić information content (AvgIpc) is 3.01. The second kappa shape index (κ2) is 7.38. The Morgan fingerprint density at radius 2 is 1.87 bits per heavy atom. The van der Waals surface area contributed by atoms with Gasteiger partial charge >= 0.3 is 6.18 Å². The van der Waals surface area contributed by atoms with Gasteiger partial charge in [0.25, 0.3) is 11.5 Å². The molecular formula is C21H16F3N5O2. The Labute approximate surface area is 173 Å². The van der Waals surface area contributed by atoms with E-state index in [9.17, 15) is 22.8 Å². The van der Waals surface area contributed by atoms with Crippen molar-refractivity contribution in [1.29, 1.82) is 0 Å². The molecule has 1 aromatic carbocycles. The van der Waals surface area contributed by atoms with E-state index >= 15 is 0 Å². The number of anilines is 1. The minimum absolute atomic E-state index is 0.144. The van der Waals surface area contributed by atoms with Crippen molar-refractivity contribution in [3.8, 4) is 5.82 Å². The fraction of sp³-hybridized carbons (Fsp3) is 0.143. The number of rotatable bonds is 3. The van der Waals surface area contributed by atoms with Gasteiger partial charge < -0.3 is 10.3 Å². The molecule has 0 saturated heterocycles. The first-order valence-electron chi connectivity index (χ1n) is 9.19. The van der Waals surface area contributed by atoms with Crippen LogP contribution < -0.4 is 10.9 Å². The molecule has 0 unspecified atom stereocenters. The van der Waals surface area contributed by atoms with E-state index < -0.39 is 28.8 Å². The maximum Gasteiger partial charge on any atom is 0.417 e. The number of halogens is 3. The number of hydrogen-bond acceptors (Lipinski definition) is 4. The third kappa shape index (κ3) is 3.67. The van der Waals surface area contributed by atoms with Gasteiger partial charge in [-0.3, -0.25) is 14.6 Å². The summed E-state index contributed by atoms with van der Waals surface area (Å²) in [5, 5.41) is 7.21. The maximum absolute atomic E-state index is 13.3. The summed E-state index contributed by atoms with van der Waals surface area (Å²) in [6.07, 6.45) is -3.16. The van der Waals surface area contributed by atoms with E-state index in [1.807, 2.05) is 0 Å². The number of H-pyrrole nitrogens is 1. The van der Waals surface area contributed by atoms with Crippen LogP contribution in [0.4, 0.5) is 19.0 Å². The van der Waals surface area contributed by atoms with Crippen LogP contribution in [0.5, 0.6) is 0 Å². The van der Waals surface area contributed by atoms with Crippen LogP contribution in [-0.4, -0.2) is 25.7 Å². The Morgan fingerprint density at radius 3 is 2.61 bits per heavy atom. The van der Waals surface area contributed by atoms with Gasteiger partial charge in [-0.25, -0.2) is 4.68 Å². The molecule has 31 heavy (non-hydrogen) atoms. The molecule has 0 aliphatic carbocycles. The molecule has 158 valence electrons. The van der Waals surface area contributed by atoms with Crippen molar-refractivity contribution in [3.05, 3.63) is 81.4 Å². The highest BCUT2D eigenvalue weighted by Gasteiger charge is 2.35. The van der Waals surface area contributed by atoms with Gasteiger partial charge in [-0.15, -0.1) is 0 Å². The normalized spacial score (nSPS) is 11.6. The van der Waals surface area contributed by atoms with E-state index in [1.54, 1.807) is 32.0 Å². The fourth-order valence-corrected chi connectivity index (χ4v) is 3.22. The van der Waals surface area contributed by atoms with Crippen LogP contribution in [0.1, 0.15) is 27.2 Å². The van der Waals surface area contributed by atoms with Crippen LogP contribution in [0.25, 0.3) is 16.7 Å². The minimum atomic E-state index is -4.69. The van der Waals surface area contributed by atoms with Gasteiger partial charge in [-0.1, -0.05) is 12.1 Å². The molecule has 0 spiro atoms. The van der Waals surface area contributed by atoms with Crippen molar-refractivity contribution >= 4 is 22.6 Å². The Kier molecular flexibility index (Phi) is 4.84. The Bertz CT molecular complexity index is 1370. The summed E-state index contributed by atoms with van der Waals surface area (Å²) in [6, 6.07) is 9.32. The molecule has 1 amide bonds. The van der Waals surface area contributed by atoms with Crippen molar-refractivity contribution in [1.82, 2.24) is 19.7 Å². The van der Waals surface area contributed by atoms with Crippen LogP contribution in [0.3, 0.4) is 0 Å². The van der Waals surface area contributed by atoms with Crippen LogP contribution in [0, 0.1) is 13.8 Å². The first-order valence-corrected chi connectivity index (χ1v) is 9.19. The van der Waals surface area contributed by atoms with Crippen molar-refractivity contribution in [2.24, 2.45) is 0 Å². The summed E-state index contributed by atoms with van der Waals surface area (Å²) in [5.41, 5.74) is -0.497. The van der Waals surface area contributed by atoms with E-state index in [0.29, 0.717) is 22.2 Å². The van der Waals surface area contributed by atoms with Crippen LogP contribution >= 0.6 is 0 Å². The summed E-state index contributed by atoms with van der Waals surface area (Å²) in [7, 11) is 0. The van der Waals surface area contributed by atoms with Crippen molar-refractivity contribution in [2.75, 3.05) is 5.32 Å². The molecule has 0 saturated carbocycles. The molecule has 0 radical (unpaired) electrons. The fourth-order valence-electron chi connectivity index (χ4n) is 3.22. The number of carbonyl (C=O) groups excluding carboxylic acids is 1. The molecule has 3 aromatic heterocycles. The maximum atomic E-state index is 13.3. The first kappa shape index (κ1) is 20.3. The third-order valence-electron chi connectivity index (χ3n) is 4.90. The summed E-state index contributed by atoms with van der Waals surface area (Å²) < 4.78 is 41.2. The largest absolute Gasteiger partial charge is 0.417 e. The van der Waals surface area contributed by atoms with E-state index in [-0.39, 0.29) is 11.6 Å². The molecule has 7 nitrogen and oxygen atoms in total. The van der Waals surface area contributed by atoms with Gasteiger partial charge in [-0.2, -0.15) is 18.3 Å². The monoisotopic (exact) mass is 427 g/mol. The second-order valence-electron chi connectivity index (χ2n) is 6.89. The number of amides is 1.